The largest absolute Gasteiger partial charge is 0.486 e. The van der Waals surface area contributed by atoms with Gasteiger partial charge in [0.15, 0.2) is 5.82 Å². The van der Waals surface area contributed by atoms with E-state index in [2.05, 4.69) is 15.3 Å². The number of ether oxygens (including phenoxy) is 2. The van der Waals surface area contributed by atoms with Crippen molar-refractivity contribution in [2.45, 2.75) is 19.4 Å². The summed E-state index contributed by atoms with van der Waals surface area (Å²) in [6, 6.07) is 4.45. The van der Waals surface area contributed by atoms with E-state index in [1.54, 1.807) is 17.4 Å². The first-order valence-corrected chi connectivity index (χ1v) is 8.58. The summed E-state index contributed by atoms with van der Waals surface area (Å²) in [6.07, 6.45) is 2.28. The van der Waals surface area contributed by atoms with Gasteiger partial charge in [-0.1, -0.05) is 0 Å². The van der Waals surface area contributed by atoms with Crippen LogP contribution in [0.5, 0.6) is 5.75 Å². The molecular weight excluding hydrogens is 329 g/mol. The van der Waals surface area contributed by atoms with Crippen LogP contribution in [0.3, 0.4) is 0 Å². The number of benzene rings is 1. The third-order valence-electron chi connectivity index (χ3n) is 3.91. The molecule has 124 valence electrons. The SMILES string of the molecule is Cc1csc2c(Nc3ccc(F)cc3OC3CCOC3)ncnc12. The van der Waals surface area contributed by atoms with Gasteiger partial charge < -0.3 is 14.8 Å². The van der Waals surface area contributed by atoms with Gasteiger partial charge >= 0.3 is 0 Å². The minimum Gasteiger partial charge on any atom is -0.486 e. The molecule has 1 aliphatic rings. The lowest BCUT2D eigenvalue weighted by Crippen LogP contribution is -2.16. The first kappa shape index (κ1) is 15.3. The minimum atomic E-state index is -0.339. The summed E-state index contributed by atoms with van der Waals surface area (Å²) < 4.78 is 25.8. The Hall–Kier alpha value is -2.25. The molecule has 1 atom stereocenters. The highest BCUT2D eigenvalue weighted by Gasteiger charge is 2.19. The fourth-order valence-corrected chi connectivity index (χ4v) is 3.62. The fourth-order valence-electron chi connectivity index (χ4n) is 2.67. The third kappa shape index (κ3) is 2.92. The Morgan fingerprint density at radius 3 is 3.12 bits per heavy atom. The second-order valence-corrected chi connectivity index (χ2v) is 6.57. The zero-order valence-electron chi connectivity index (χ0n) is 13.1. The molecule has 1 unspecified atom stereocenters. The lowest BCUT2D eigenvalue weighted by Gasteiger charge is -2.16. The van der Waals surface area contributed by atoms with E-state index in [4.69, 9.17) is 9.47 Å². The Balaban J connectivity index is 1.68. The molecule has 1 aromatic carbocycles. The number of aromatic nitrogens is 2. The zero-order chi connectivity index (χ0) is 16.5. The molecule has 3 aromatic rings. The number of halogens is 1. The van der Waals surface area contributed by atoms with Crippen molar-refractivity contribution in [3.05, 3.63) is 41.3 Å². The van der Waals surface area contributed by atoms with E-state index in [-0.39, 0.29) is 11.9 Å². The highest BCUT2D eigenvalue weighted by molar-refractivity contribution is 7.18. The molecule has 2 aromatic heterocycles. The lowest BCUT2D eigenvalue weighted by atomic mass is 10.2. The fraction of sp³-hybridized carbons (Fsp3) is 0.294. The summed E-state index contributed by atoms with van der Waals surface area (Å²) in [5.74, 6) is 0.817. The van der Waals surface area contributed by atoms with Crippen LogP contribution in [0.25, 0.3) is 10.2 Å². The van der Waals surface area contributed by atoms with Gasteiger partial charge in [0, 0.05) is 12.5 Å². The number of fused-ring (bicyclic) bond motifs is 1. The van der Waals surface area contributed by atoms with E-state index in [9.17, 15) is 4.39 Å². The van der Waals surface area contributed by atoms with Crippen LogP contribution in [0.15, 0.2) is 29.9 Å². The van der Waals surface area contributed by atoms with Gasteiger partial charge in [-0.3, -0.25) is 0 Å². The van der Waals surface area contributed by atoms with Crippen molar-refractivity contribution in [2.75, 3.05) is 18.5 Å². The van der Waals surface area contributed by atoms with Crippen molar-refractivity contribution < 1.29 is 13.9 Å². The molecule has 1 N–H and O–H groups in total. The minimum absolute atomic E-state index is 0.0539. The topological polar surface area (TPSA) is 56.3 Å². The van der Waals surface area contributed by atoms with E-state index in [0.717, 1.165) is 22.2 Å². The van der Waals surface area contributed by atoms with Crippen LogP contribution < -0.4 is 10.1 Å². The van der Waals surface area contributed by atoms with E-state index in [1.807, 2.05) is 12.3 Å². The second-order valence-electron chi connectivity index (χ2n) is 5.69. The first-order valence-electron chi connectivity index (χ1n) is 7.70. The van der Waals surface area contributed by atoms with Crippen molar-refractivity contribution in [3.63, 3.8) is 0 Å². The average Bonchev–Trinajstić information content (AvgIpc) is 3.21. The standard InChI is InChI=1S/C17H16FN3O2S/c1-10-8-24-16-15(10)19-9-20-17(16)21-13-3-2-11(18)6-14(13)23-12-4-5-22-7-12/h2-3,6,8-9,12H,4-5,7H2,1H3,(H,19,20,21). The maximum absolute atomic E-state index is 13.7. The van der Waals surface area contributed by atoms with E-state index in [1.165, 1.54) is 18.5 Å². The Morgan fingerprint density at radius 2 is 2.29 bits per heavy atom. The van der Waals surface area contributed by atoms with Gasteiger partial charge in [0.2, 0.25) is 0 Å². The van der Waals surface area contributed by atoms with Gasteiger partial charge in [0.25, 0.3) is 0 Å². The van der Waals surface area contributed by atoms with Gasteiger partial charge in [0.05, 0.1) is 29.1 Å². The number of anilines is 2. The summed E-state index contributed by atoms with van der Waals surface area (Å²) in [5, 5.41) is 5.30. The summed E-state index contributed by atoms with van der Waals surface area (Å²) >= 11 is 1.58. The molecule has 0 radical (unpaired) electrons. The van der Waals surface area contributed by atoms with Gasteiger partial charge in [-0.2, -0.15) is 0 Å². The van der Waals surface area contributed by atoms with Crippen LogP contribution in [-0.4, -0.2) is 29.3 Å². The quantitative estimate of drug-likeness (QED) is 0.773. The monoisotopic (exact) mass is 345 g/mol. The molecule has 3 heterocycles. The number of thiophene rings is 1. The summed E-state index contributed by atoms with van der Waals surface area (Å²) in [7, 11) is 0. The van der Waals surface area contributed by atoms with Gasteiger partial charge in [-0.05, 0) is 30.0 Å². The molecule has 5 nitrogen and oxygen atoms in total. The Kier molecular flexibility index (Phi) is 4.03. The van der Waals surface area contributed by atoms with Crippen molar-refractivity contribution in [1.29, 1.82) is 0 Å². The van der Waals surface area contributed by atoms with Crippen LogP contribution in [0.2, 0.25) is 0 Å². The number of nitrogens with zero attached hydrogens (tertiary/aromatic N) is 2. The number of aryl methyl sites for hydroxylation is 1. The molecule has 0 bridgehead atoms. The van der Waals surface area contributed by atoms with Crippen LogP contribution in [0, 0.1) is 12.7 Å². The van der Waals surface area contributed by atoms with Gasteiger partial charge in [-0.15, -0.1) is 11.3 Å². The molecule has 4 rings (SSSR count). The molecular formula is C17H16FN3O2S. The van der Waals surface area contributed by atoms with Crippen molar-refractivity contribution in [1.82, 2.24) is 9.97 Å². The third-order valence-corrected chi connectivity index (χ3v) is 5.00. The molecule has 1 aliphatic heterocycles. The predicted molar refractivity (Wildman–Crippen MR) is 91.7 cm³/mol. The summed E-state index contributed by atoms with van der Waals surface area (Å²) in [4.78, 5) is 8.64. The van der Waals surface area contributed by atoms with E-state index >= 15 is 0 Å². The molecule has 0 saturated carbocycles. The zero-order valence-corrected chi connectivity index (χ0v) is 13.9. The molecule has 1 fully saturated rings. The van der Waals surface area contributed by atoms with Crippen molar-refractivity contribution >= 4 is 33.1 Å². The molecule has 1 saturated heterocycles. The molecule has 7 heteroatoms. The van der Waals surface area contributed by atoms with E-state index in [0.29, 0.717) is 30.5 Å². The summed E-state index contributed by atoms with van der Waals surface area (Å²) in [5.41, 5.74) is 2.71. The molecule has 0 aliphatic carbocycles. The van der Waals surface area contributed by atoms with Crippen LogP contribution in [-0.2, 0) is 4.74 Å². The van der Waals surface area contributed by atoms with Crippen LogP contribution >= 0.6 is 11.3 Å². The average molecular weight is 345 g/mol. The lowest BCUT2D eigenvalue weighted by molar-refractivity contribution is 0.141. The normalized spacial score (nSPS) is 17.3. The predicted octanol–water partition coefficient (Wildman–Crippen LogP) is 4.05. The molecule has 0 amide bonds. The number of nitrogens with one attached hydrogen (secondary N) is 1. The Labute approximate surface area is 142 Å². The Bertz CT molecular complexity index is 877. The van der Waals surface area contributed by atoms with Crippen LogP contribution in [0.1, 0.15) is 12.0 Å². The first-order chi connectivity index (χ1) is 11.7. The Morgan fingerprint density at radius 1 is 1.38 bits per heavy atom. The second kappa shape index (κ2) is 6.33. The smallest absolute Gasteiger partial charge is 0.151 e. The van der Waals surface area contributed by atoms with Gasteiger partial charge in [0.1, 0.15) is 24.0 Å². The van der Waals surface area contributed by atoms with Crippen LogP contribution in [0.4, 0.5) is 15.9 Å². The summed E-state index contributed by atoms with van der Waals surface area (Å²) in [6.45, 7) is 3.21. The van der Waals surface area contributed by atoms with Crippen molar-refractivity contribution in [2.24, 2.45) is 0 Å². The molecule has 24 heavy (non-hydrogen) atoms. The number of rotatable bonds is 4. The maximum atomic E-state index is 13.7. The van der Waals surface area contributed by atoms with Gasteiger partial charge in [-0.25, -0.2) is 14.4 Å². The number of hydrogen-bond donors (Lipinski definition) is 1. The maximum Gasteiger partial charge on any atom is 0.151 e. The van der Waals surface area contributed by atoms with E-state index < -0.39 is 0 Å². The number of hydrogen-bond acceptors (Lipinski definition) is 6. The van der Waals surface area contributed by atoms with Crippen molar-refractivity contribution in [3.8, 4) is 5.75 Å². The highest BCUT2D eigenvalue weighted by Crippen LogP contribution is 2.34. The highest BCUT2D eigenvalue weighted by atomic mass is 32.1. The molecule has 0 spiro atoms.